The molecular weight excluding hydrogens is 462 g/mol. The molecular formula is C27H41N3O6. The third-order valence-electron chi connectivity index (χ3n) is 5.75. The van der Waals surface area contributed by atoms with Crippen LogP contribution in [0.3, 0.4) is 0 Å². The molecule has 2 heterocycles. The maximum atomic E-state index is 13.5. The summed E-state index contributed by atoms with van der Waals surface area (Å²) in [7, 11) is 3.21. The predicted octanol–water partition coefficient (Wildman–Crippen LogP) is 3.86. The monoisotopic (exact) mass is 503 g/mol. The van der Waals surface area contributed by atoms with Crippen LogP contribution in [0.2, 0.25) is 0 Å². The van der Waals surface area contributed by atoms with Crippen molar-refractivity contribution in [3.8, 4) is 0 Å². The van der Waals surface area contributed by atoms with Crippen LogP contribution in [0.25, 0.3) is 10.9 Å². The van der Waals surface area contributed by atoms with E-state index < -0.39 is 11.7 Å². The normalized spacial score (nSPS) is 14.0. The standard InChI is InChI=1S/C25H35N3O6.C2H6/c1-17-7-8-21-19(13-17)22(29)20(14-28(21)18(15-32-5)16-33-6)23(30)26-9-11-27(12-10-26)24(31)34-25(2,3)4;1-2/h7-8,13-14,18H,9-12,15-16H2,1-6H3;1-2H3. The van der Waals surface area contributed by atoms with Gasteiger partial charge in [0.1, 0.15) is 11.2 Å². The number of nitrogens with zero attached hydrogens (tertiary/aromatic N) is 3. The minimum absolute atomic E-state index is 0.0982. The first-order chi connectivity index (χ1) is 17.1. The molecule has 0 radical (unpaired) electrons. The molecule has 0 N–H and O–H groups in total. The van der Waals surface area contributed by atoms with E-state index in [1.807, 2.05) is 64.3 Å². The number of piperazine rings is 1. The number of hydrogen-bond acceptors (Lipinski definition) is 6. The smallest absolute Gasteiger partial charge is 0.410 e. The highest BCUT2D eigenvalue weighted by atomic mass is 16.6. The molecule has 1 aromatic heterocycles. The lowest BCUT2D eigenvalue weighted by Crippen LogP contribution is -2.52. The fraction of sp³-hybridized carbons (Fsp3) is 0.593. The maximum Gasteiger partial charge on any atom is 0.410 e. The van der Waals surface area contributed by atoms with Gasteiger partial charge in [0.05, 0.1) is 24.8 Å². The Balaban J connectivity index is 0.00000222. The topological polar surface area (TPSA) is 90.3 Å². The van der Waals surface area contributed by atoms with Gasteiger partial charge in [-0.25, -0.2) is 4.79 Å². The number of carbonyl (C=O) groups excluding carboxylic acids is 2. The molecule has 2 amide bonds. The molecule has 0 saturated carbocycles. The van der Waals surface area contributed by atoms with Crippen molar-refractivity contribution in [1.82, 2.24) is 14.4 Å². The Hall–Kier alpha value is -2.91. The van der Waals surface area contributed by atoms with Crippen molar-refractivity contribution >= 4 is 22.9 Å². The number of aromatic nitrogens is 1. The van der Waals surface area contributed by atoms with E-state index in [9.17, 15) is 14.4 Å². The molecule has 9 nitrogen and oxygen atoms in total. The van der Waals surface area contributed by atoms with Gasteiger partial charge in [-0.15, -0.1) is 0 Å². The second-order valence-corrected chi connectivity index (χ2v) is 9.62. The molecule has 1 aliphatic heterocycles. The van der Waals surface area contributed by atoms with Gasteiger partial charge in [-0.2, -0.15) is 0 Å². The summed E-state index contributed by atoms with van der Waals surface area (Å²) in [6, 6.07) is 5.42. The van der Waals surface area contributed by atoms with Crippen LogP contribution < -0.4 is 5.43 Å². The minimum Gasteiger partial charge on any atom is -0.444 e. The average Bonchev–Trinajstić information content (AvgIpc) is 2.84. The Bertz CT molecular complexity index is 1090. The van der Waals surface area contributed by atoms with Gasteiger partial charge in [0.25, 0.3) is 5.91 Å². The number of ether oxygens (including phenoxy) is 3. The molecule has 1 aromatic carbocycles. The van der Waals surface area contributed by atoms with Crippen LogP contribution >= 0.6 is 0 Å². The third kappa shape index (κ3) is 7.07. The number of fused-ring (bicyclic) bond motifs is 1. The molecule has 0 spiro atoms. The SMILES string of the molecule is CC.COCC(COC)n1cc(C(=O)N2CCN(C(=O)OC(C)(C)C)CC2)c(=O)c2cc(C)ccc21. The van der Waals surface area contributed by atoms with E-state index in [1.54, 1.807) is 30.2 Å². The summed E-state index contributed by atoms with van der Waals surface area (Å²) in [5.74, 6) is -0.348. The fourth-order valence-corrected chi connectivity index (χ4v) is 4.11. The first-order valence-electron chi connectivity index (χ1n) is 12.5. The molecule has 1 saturated heterocycles. The number of methoxy groups -OCH3 is 2. The number of pyridine rings is 1. The summed E-state index contributed by atoms with van der Waals surface area (Å²) < 4.78 is 18.1. The first kappa shape index (κ1) is 29.3. The van der Waals surface area contributed by atoms with Crippen LogP contribution in [0, 0.1) is 6.92 Å². The van der Waals surface area contributed by atoms with Crippen molar-refractivity contribution in [2.45, 2.75) is 53.2 Å². The zero-order valence-corrected chi connectivity index (χ0v) is 22.9. The van der Waals surface area contributed by atoms with Crippen LogP contribution in [0.4, 0.5) is 4.79 Å². The van der Waals surface area contributed by atoms with Gasteiger partial charge >= 0.3 is 6.09 Å². The average molecular weight is 504 g/mol. The van der Waals surface area contributed by atoms with Gasteiger partial charge in [-0.05, 0) is 39.8 Å². The summed E-state index contributed by atoms with van der Waals surface area (Å²) in [5.41, 5.74) is 0.867. The Morgan fingerprint density at radius 1 is 0.972 bits per heavy atom. The highest BCUT2D eigenvalue weighted by Gasteiger charge is 2.30. The van der Waals surface area contributed by atoms with Crippen LogP contribution in [0.1, 0.15) is 56.6 Å². The molecule has 1 aliphatic rings. The van der Waals surface area contributed by atoms with E-state index in [0.717, 1.165) is 11.1 Å². The largest absolute Gasteiger partial charge is 0.444 e. The molecule has 200 valence electrons. The van der Waals surface area contributed by atoms with Gasteiger partial charge in [-0.3, -0.25) is 9.59 Å². The molecule has 0 aliphatic carbocycles. The van der Waals surface area contributed by atoms with Gasteiger partial charge in [0.2, 0.25) is 5.43 Å². The third-order valence-corrected chi connectivity index (χ3v) is 5.75. The molecule has 9 heteroatoms. The number of hydrogen-bond donors (Lipinski definition) is 0. The molecule has 2 aromatic rings. The molecule has 0 atom stereocenters. The second-order valence-electron chi connectivity index (χ2n) is 9.62. The van der Waals surface area contributed by atoms with Gasteiger partial charge in [0, 0.05) is 52.0 Å². The maximum absolute atomic E-state index is 13.5. The quantitative estimate of drug-likeness (QED) is 0.595. The van der Waals surface area contributed by atoms with Crippen molar-refractivity contribution in [3.63, 3.8) is 0 Å². The lowest BCUT2D eigenvalue weighted by molar-refractivity contribution is 0.0140. The Labute approximate surface area is 213 Å². The highest BCUT2D eigenvalue weighted by Crippen LogP contribution is 2.21. The van der Waals surface area contributed by atoms with Crippen molar-refractivity contribution in [2.24, 2.45) is 0 Å². The summed E-state index contributed by atoms with van der Waals surface area (Å²) in [5, 5.41) is 0.482. The van der Waals surface area contributed by atoms with Crippen molar-refractivity contribution in [1.29, 1.82) is 0 Å². The van der Waals surface area contributed by atoms with E-state index in [0.29, 0.717) is 44.8 Å². The van der Waals surface area contributed by atoms with E-state index in [1.165, 1.54) is 0 Å². The number of carbonyl (C=O) groups is 2. The summed E-state index contributed by atoms with van der Waals surface area (Å²) in [6.07, 6.45) is 1.22. The number of benzene rings is 1. The summed E-state index contributed by atoms with van der Waals surface area (Å²) >= 11 is 0. The predicted molar refractivity (Wildman–Crippen MR) is 141 cm³/mol. The lowest BCUT2D eigenvalue weighted by atomic mass is 10.1. The zero-order valence-electron chi connectivity index (χ0n) is 22.9. The Morgan fingerprint density at radius 3 is 2.06 bits per heavy atom. The molecule has 1 fully saturated rings. The fourth-order valence-electron chi connectivity index (χ4n) is 4.11. The van der Waals surface area contributed by atoms with Crippen molar-refractivity contribution < 1.29 is 23.8 Å². The highest BCUT2D eigenvalue weighted by molar-refractivity contribution is 5.97. The van der Waals surface area contributed by atoms with Crippen molar-refractivity contribution in [3.05, 3.63) is 45.7 Å². The number of rotatable bonds is 6. The Morgan fingerprint density at radius 2 is 1.53 bits per heavy atom. The molecule has 36 heavy (non-hydrogen) atoms. The molecule has 0 unspecified atom stereocenters. The summed E-state index contributed by atoms with van der Waals surface area (Å²) in [4.78, 5) is 42.4. The van der Waals surface area contributed by atoms with Crippen LogP contribution in [0.15, 0.2) is 29.2 Å². The van der Waals surface area contributed by atoms with Gasteiger partial charge in [0.15, 0.2) is 0 Å². The van der Waals surface area contributed by atoms with E-state index in [-0.39, 0.29) is 22.9 Å². The van der Waals surface area contributed by atoms with E-state index >= 15 is 0 Å². The molecule has 3 rings (SSSR count). The van der Waals surface area contributed by atoms with Gasteiger partial charge < -0.3 is 28.6 Å². The summed E-state index contributed by atoms with van der Waals surface area (Å²) in [6.45, 7) is 13.4. The van der Waals surface area contributed by atoms with Gasteiger partial charge in [-0.1, -0.05) is 25.5 Å². The van der Waals surface area contributed by atoms with E-state index in [2.05, 4.69) is 0 Å². The zero-order chi connectivity index (χ0) is 27.0. The van der Waals surface area contributed by atoms with Crippen molar-refractivity contribution in [2.75, 3.05) is 53.6 Å². The van der Waals surface area contributed by atoms with Crippen LogP contribution in [-0.2, 0) is 14.2 Å². The number of aryl methyl sites for hydroxylation is 1. The number of amides is 2. The minimum atomic E-state index is -0.584. The van der Waals surface area contributed by atoms with Crippen LogP contribution in [0.5, 0.6) is 0 Å². The lowest BCUT2D eigenvalue weighted by Gasteiger charge is -2.35. The first-order valence-corrected chi connectivity index (χ1v) is 12.5. The van der Waals surface area contributed by atoms with Crippen LogP contribution in [-0.4, -0.2) is 85.6 Å². The molecule has 0 bridgehead atoms. The second kappa shape index (κ2) is 12.9. The Kier molecular flexibility index (Phi) is 10.5. The van der Waals surface area contributed by atoms with E-state index in [4.69, 9.17) is 14.2 Å².